The van der Waals surface area contributed by atoms with E-state index < -0.39 is 0 Å². The van der Waals surface area contributed by atoms with Crippen molar-refractivity contribution in [1.29, 1.82) is 0 Å². The van der Waals surface area contributed by atoms with Gasteiger partial charge in [-0.2, -0.15) is 0 Å². The highest BCUT2D eigenvalue weighted by Gasteiger charge is 2.02. The lowest BCUT2D eigenvalue weighted by Gasteiger charge is -1.99. The van der Waals surface area contributed by atoms with E-state index in [4.69, 9.17) is 5.73 Å². The first kappa shape index (κ1) is 10.1. The van der Waals surface area contributed by atoms with E-state index in [1.54, 1.807) is 11.3 Å². The first-order chi connectivity index (χ1) is 6.79. The van der Waals surface area contributed by atoms with Crippen molar-refractivity contribution >= 4 is 33.9 Å². The minimum atomic E-state index is 0.580. The van der Waals surface area contributed by atoms with Crippen LogP contribution in [-0.4, -0.2) is 4.98 Å². The van der Waals surface area contributed by atoms with E-state index in [-0.39, 0.29) is 0 Å². The molecular formula is C10H9IN2S. The first-order valence-corrected chi connectivity index (χ1v) is 6.10. The topological polar surface area (TPSA) is 38.9 Å². The molecule has 0 aliphatic rings. The molecule has 4 heteroatoms. The normalized spacial score (nSPS) is 10.4. The average molecular weight is 316 g/mol. The van der Waals surface area contributed by atoms with Crippen molar-refractivity contribution in [2.75, 3.05) is 0 Å². The maximum atomic E-state index is 5.58. The monoisotopic (exact) mass is 316 g/mol. The number of benzene rings is 1. The van der Waals surface area contributed by atoms with Gasteiger partial charge in [-0.1, -0.05) is 18.2 Å². The lowest BCUT2D eigenvalue weighted by molar-refractivity contribution is 1.07. The number of thiazole rings is 1. The molecule has 0 amide bonds. The van der Waals surface area contributed by atoms with E-state index in [2.05, 4.69) is 39.7 Å². The third kappa shape index (κ3) is 2.13. The van der Waals surface area contributed by atoms with E-state index in [9.17, 15) is 0 Å². The van der Waals surface area contributed by atoms with Crippen molar-refractivity contribution in [3.63, 3.8) is 0 Å². The Bertz CT molecular complexity index is 439. The Labute approximate surface area is 100 Å². The highest BCUT2D eigenvalue weighted by molar-refractivity contribution is 14.1. The summed E-state index contributed by atoms with van der Waals surface area (Å²) in [6, 6.07) is 8.21. The van der Waals surface area contributed by atoms with Gasteiger partial charge in [0.2, 0.25) is 0 Å². The van der Waals surface area contributed by atoms with Crippen LogP contribution < -0.4 is 5.73 Å². The van der Waals surface area contributed by atoms with Crippen molar-refractivity contribution in [1.82, 2.24) is 4.98 Å². The third-order valence-electron chi connectivity index (χ3n) is 1.89. The molecule has 0 saturated heterocycles. The van der Waals surface area contributed by atoms with Gasteiger partial charge in [0, 0.05) is 12.1 Å². The number of rotatable bonds is 2. The van der Waals surface area contributed by atoms with Crippen LogP contribution in [0.2, 0.25) is 0 Å². The molecule has 14 heavy (non-hydrogen) atoms. The molecular weight excluding hydrogens is 307 g/mol. The second-order valence-corrected chi connectivity index (χ2v) is 5.80. The average Bonchev–Trinajstić information content (AvgIpc) is 2.65. The molecule has 0 bridgehead atoms. The summed E-state index contributed by atoms with van der Waals surface area (Å²) in [6.07, 6.45) is 1.88. The molecule has 1 heterocycles. The number of halogens is 1. The SMILES string of the molecule is NCc1cccc(-c2ncc(I)s2)c1. The second-order valence-electron chi connectivity index (χ2n) is 2.87. The smallest absolute Gasteiger partial charge is 0.124 e. The van der Waals surface area contributed by atoms with Crippen molar-refractivity contribution in [2.24, 2.45) is 5.73 Å². The van der Waals surface area contributed by atoms with Gasteiger partial charge in [0.1, 0.15) is 5.01 Å². The molecule has 2 nitrogen and oxygen atoms in total. The molecule has 0 spiro atoms. The third-order valence-corrected chi connectivity index (χ3v) is 3.66. The Morgan fingerprint density at radius 3 is 2.93 bits per heavy atom. The summed E-state index contributed by atoms with van der Waals surface area (Å²) in [6.45, 7) is 0.580. The molecule has 0 atom stereocenters. The van der Waals surface area contributed by atoms with Crippen LogP contribution in [0.25, 0.3) is 10.6 Å². The minimum Gasteiger partial charge on any atom is -0.326 e. The molecule has 0 unspecified atom stereocenters. The maximum absolute atomic E-state index is 5.58. The Kier molecular flexibility index (Phi) is 3.15. The van der Waals surface area contributed by atoms with Gasteiger partial charge in [-0.05, 0) is 34.2 Å². The van der Waals surface area contributed by atoms with Crippen molar-refractivity contribution in [2.45, 2.75) is 6.54 Å². The summed E-state index contributed by atoms with van der Waals surface area (Å²) in [5, 5.41) is 1.06. The zero-order valence-corrected chi connectivity index (χ0v) is 10.4. The van der Waals surface area contributed by atoms with Crippen LogP contribution in [0.1, 0.15) is 5.56 Å². The van der Waals surface area contributed by atoms with Crippen LogP contribution in [-0.2, 0) is 6.54 Å². The van der Waals surface area contributed by atoms with E-state index in [0.717, 1.165) is 16.1 Å². The number of hydrogen-bond donors (Lipinski definition) is 1. The number of hydrogen-bond acceptors (Lipinski definition) is 3. The van der Waals surface area contributed by atoms with Crippen molar-refractivity contribution in [3.8, 4) is 10.6 Å². The van der Waals surface area contributed by atoms with E-state index in [1.165, 1.54) is 2.88 Å². The second kappa shape index (κ2) is 4.37. The molecule has 2 N–H and O–H groups in total. The molecule has 2 rings (SSSR count). The highest BCUT2D eigenvalue weighted by atomic mass is 127. The Morgan fingerprint density at radius 2 is 2.29 bits per heavy atom. The fourth-order valence-electron chi connectivity index (χ4n) is 1.22. The standard InChI is InChI=1S/C10H9IN2S/c11-9-6-13-10(14-9)8-3-1-2-7(4-8)5-12/h1-4,6H,5,12H2. The Balaban J connectivity index is 2.41. The number of nitrogens with zero attached hydrogens (tertiary/aromatic N) is 1. The molecule has 1 aromatic heterocycles. The molecule has 0 aliphatic heterocycles. The molecule has 0 saturated carbocycles. The van der Waals surface area contributed by atoms with Crippen molar-refractivity contribution in [3.05, 3.63) is 38.9 Å². The van der Waals surface area contributed by atoms with Gasteiger partial charge in [0.05, 0.1) is 9.08 Å². The van der Waals surface area contributed by atoms with E-state index in [0.29, 0.717) is 6.54 Å². The summed E-state index contributed by atoms with van der Waals surface area (Å²) >= 11 is 3.97. The number of aromatic nitrogens is 1. The van der Waals surface area contributed by atoms with E-state index >= 15 is 0 Å². The van der Waals surface area contributed by atoms with Gasteiger partial charge in [0.15, 0.2) is 0 Å². The first-order valence-electron chi connectivity index (χ1n) is 4.20. The zero-order chi connectivity index (χ0) is 9.97. The summed E-state index contributed by atoms with van der Waals surface area (Å²) in [5.41, 5.74) is 7.88. The summed E-state index contributed by atoms with van der Waals surface area (Å²) < 4.78 is 1.20. The predicted octanol–water partition coefficient (Wildman–Crippen LogP) is 2.87. The zero-order valence-electron chi connectivity index (χ0n) is 7.40. The predicted molar refractivity (Wildman–Crippen MR) is 68.2 cm³/mol. The maximum Gasteiger partial charge on any atom is 0.124 e. The summed E-state index contributed by atoms with van der Waals surface area (Å²) in [7, 11) is 0. The number of nitrogens with two attached hydrogens (primary N) is 1. The van der Waals surface area contributed by atoms with Gasteiger partial charge < -0.3 is 5.73 Å². The summed E-state index contributed by atoms with van der Waals surface area (Å²) in [4.78, 5) is 4.33. The quantitative estimate of drug-likeness (QED) is 0.865. The summed E-state index contributed by atoms with van der Waals surface area (Å²) in [5.74, 6) is 0. The van der Waals surface area contributed by atoms with Crippen LogP contribution in [0.5, 0.6) is 0 Å². The Hall–Kier alpha value is -0.460. The fourth-order valence-corrected chi connectivity index (χ4v) is 2.62. The van der Waals surface area contributed by atoms with Crippen LogP contribution in [0.4, 0.5) is 0 Å². The fraction of sp³-hybridized carbons (Fsp3) is 0.100. The van der Waals surface area contributed by atoms with Crippen molar-refractivity contribution < 1.29 is 0 Å². The molecule has 0 fully saturated rings. The van der Waals surface area contributed by atoms with Crippen LogP contribution >= 0.6 is 33.9 Å². The van der Waals surface area contributed by atoms with Gasteiger partial charge in [-0.15, -0.1) is 11.3 Å². The van der Waals surface area contributed by atoms with Crippen LogP contribution in [0.15, 0.2) is 30.5 Å². The molecule has 0 aliphatic carbocycles. The highest BCUT2D eigenvalue weighted by Crippen LogP contribution is 2.26. The van der Waals surface area contributed by atoms with Crippen LogP contribution in [0, 0.1) is 2.88 Å². The van der Waals surface area contributed by atoms with Gasteiger partial charge in [-0.3, -0.25) is 0 Å². The van der Waals surface area contributed by atoms with Gasteiger partial charge >= 0.3 is 0 Å². The van der Waals surface area contributed by atoms with E-state index in [1.807, 2.05) is 18.3 Å². The Morgan fingerprint density at radius 1 is 1.43 bits per heavy atom. The largest absolute Gasteiger partial charge is 0.326 e. The molecule has 0 radical (unpaired) electrons. The molecule has 1 aromatic carbocycles. The van der Waals surface area contributed by atoms with Gasteiger partial charge in [0.25, 0.3) is 0 Å². The lowest BCUT2D eigenvalue weighted by Crippen LogP contribution is -1.95. The lowest BCUT2D eigenvalue weighted by atomic mass is 10.1. The van der Waals surface area contributed by atoms with Crippen LogP contribution in [0.3, 0.4) is 0 Å². The minimum absolute atomic E-state index is 0.580. The molecule has 2 aromatic rings. The van der Waals surface area contributed by atoms with Gasteiger partial charge in [-0.25, -0.2) is 4.98 Å². The molecule has 72 valence electrons.